The molecule has 13 heteroatoms. The summed E-state index contributed by atoms with van der Waals surface area (Å²) in [6.45, 7) is 2.86. The number of aromatic nitrogens is 3. The maximum atomic E-state index is 15.2. The smallest absolute Gasteiger partial charge is 0.451 e. The van der Waals surface area contributed by atoms with Gasteiger partial charge in [0.05, 0.1) is 23.4 Å². The van der Waals surface area contributed by atoms with Crippen LogP contribution in [0.15, 0.2) is 30.7 Å². The SMILES string of the molecule is CC(O)C(C)Oc1cc(C(=O)NCc2cnc(C(F)(F)F)nc2)c(F)c(-c2ncc(Cl)s2)c1. The second kappa shape index (κ2) is 9.98. The largest absolute Gasteiger partial charge is 0.488 e. The Hall–Kier alpha value is -2.83. The van der Waals surface area contributed by atoms with E-state index >= 15 is 4.39 Å². The number of hydrogen-bond donors (Lipinski definition) is 2. The zero-order valence-electron chi connectivity index (χ0n) is 17.2. The normalized spacial score (nSPS) is 13.5. The van der Waals surface area contributed by atoms with Gasteiger partial charge in [-0.3, -0.25) is 4.79 Å². The summed E-state index contributed by atoms with van der Waals surface area (Å²) in [6, 6.07) is 2.50. The average Bonchev–Trinajstić information content (AvgIpc) is 3.18. The summed E-state index contributed by atoms with van der Waals surface area (Å²) < 4.78 is 58.9. The molecule has 176 valence electrons. The minimum Gasteiger partial charge on any atom is -0.488 e. The van der Waals surface area contributed by atoms with E-state index in [4.69, 9.17) is 16.3 Å². The number of nitrogens with zero attached hydrogens (tertiary/aromatic N) is 3. The number of alkyl halides is 3. The van der Waals surface area contributed by atoms with E-state index in [1.807, 2.05) is 0 Å². The van der Waals surface area contributed by atoms with Gasteiger partial charge in [-0.1, -0.05) is 11.6 Å². The summed E-state index contributed by atoms with van der Waals surface area (Å²) in [7, 11) is 0. The monoisotopic (exact) mass is 504 g/mol. The molecule has 0 bridgehead atoms. The fraction of sp³-hybridized carbons (Fsp3) is 0.300. The Morgan fingerprint density at radius 3 is 2.42 bits per heavy atom. The summed E-state index contributed by atoms with van der Waals surface area (Å²) in [4.78, 5) is 23.2. The summed E-state index contributed by atoms with van der Waals surface area (Å²) in [5.74, 6) is -2.95. The molecule has 1 amide bonds. The van der Waals surface area contributed by atoms with Gasteiger partial charge < -0.3 is 15.2 Å². The third kappa shape index (κ3) is 6.15. The van der Waals surface area contributed by atoms with Crippen LogP contribution in [0.5, 0.6) is 5.75 Å². The van der Waals surface area contributed by atoms with Gasteiger partial charge >= 0.3 is 6.18 Å². The molecule has 2 N–H and O–H groups in total. The average molecular weight is 505 g/mol. The van der Waals surface area contributed by atoms with Gasteiger partial charge in [-0.2, -0.15) is 13.2 Å². The minimum absolute atomic E-state index is 0.0368. The number of aliphatic hydroxyl groups is 1. The number of aliphatic hydroxyl groups excluding tert-OH is 1. The van der Waals surface area contributed by atoms with Crippen LogP contribution in [0.1, 0.15) is 35.6 Å². The first-order chi connectivity index (χ1) is 15.5. The molecule has 2 aromatic heterocycles. The fourth-order valence-electron chi connectivity index (χ4n) is 2.55. The van der Waals surface area contributed by atoms with Crippen molar-refractivity contribution in [2.75, 3.05) is 0 Å². The molecule has 2 heterocycles. The van der Waals surface area contributed by atoms with Crippen molar-refractivity contribution in [1.29, 1.82) is 0 Å². The van der Waals surface area contributed by atoms with Crippen LogP contribution in [0.2, 0.25) is 4.34 Å². The van der Waals surface area contributed by atoms with E-state index in [1.165, 1.54) is 19.2 Å². The molecule has 0 aliphatic heterocycles. The van der Waals surface area contributed by atoms with Crippen molar-refractivity contribution in [1.82, 2.24) is 20.3 Å². The van der Waals surface area contributed by atoms with E-state index in [0.29, 0.717) is 4.34 Å². The number of rotatable bonds is 7. The lowest BCUT2D eigenvalue weighted by molar-refractivity contribution is -0.145. The summed E-state index contributed by atoms with van der Waals surface area (Å²) in [5, 5.41) is 12.3. The van der Waals surface area contributed by atoms with E-state index in [-0.39, 0.29) is 34.0 Å². The lowest BCUT2D eigenvalue weighted by atomic mass is 10.1. The first kappa shape index (κ1) is 24.8. The molecule has 0 aliphatic rings. The second-order valence-electron chi connectivity index (χ2n) is 6.96. The maximum Gasteiger partial charge on any atom is 0.451 e. The highest BCUT2D eigenvalue weighted by Gasteiger charge is 2.34. The number of thiazole rings is 1. The van der Waals surface area contributed by atoms with Gasteiger partial charge in [-0.05, 0) is 26.0 Å². The van der Waals surface area contributed by atoms with Crippen LogP contribution in [-0.2, 0) is 12.7 Å². The minimum atomic E-state index is -4.69. The van der Waals surface area contributed by atoms with Crippen molar-refractivity contribution in [2.45, 2.75) is 38.8 Å². The molecule has 2 unspecified atom stereocenters. The van der Waals surface area contributed by atoms with Crippen LogP contribution in [0.4, 0.5) is 17.6 Å². The van der Waals surface area contributed by atoms with Crippen molar-refractivity contribution in [3.63, 3.8) is 0 Å². The van der Waals surface area contributed by atoms with Gasteiger partial charge in [0.1, 0.15) is 27.0 Å². The second-order valence-corrected chi connectivity index (χ2v) is 8.62. The van der Waals surface area contributed by atoms with Crippen molar-refractivity contribution in [3.05, 3.63) is 57.8 Å². The topological polar surface area (TPSA) is 97.2 Å². The summed E-state index contributed by atoms with van der Waals surface area (Å²) in [5.41, 5.74) is -0.247. The predicted molar refractivity (Wildman–Crippen MR) is 112 cm³/mol. The third-order valence-electron chi connectivity index (χ3n) is 4.41. The number of carbonyl (C=O) groups is 1. The number of halogens is 5. The van der Waals surface area contributed by atoms with Gasteiger partial charge in [-0.25, -0.2) is 19.3 Å². The number of carbonyl (C=O) groups excluding carboxylic acids is 1. The van der Waals surface area contributed by atoms with E-state index in [0.717, 1.165) is 29.8 Å². The molecule has 0 fully saturated rings. The molecule has 0 saturated heterocycles. The van der Waals surface area contributed by atoms with Crippen LogP contribution < -0.4 is 10.1 Å². The predicted octanol–water partition coefficient (Wildman–Crippen LogP) is 4.49. The maximum absolute atomic E-state index is 15.2. The lowest BCUT2D eigenvalue weighted by Crippen LogP contribution is -2.27. The Kier molecular flexibility index (Phi) is 7.50. The van der Waals surface area contributed by atoms with E-state index in [2.05, 4.69) is 20.3 Å². The van der Waals surface area contributed by atoms with Gasteiger partial charge in [0, 0.05) is 24.5 Å². The highest BCUT2D eigenvalue weighted by Crippen LogP contribution is 2.34. The van der Waals surface area contributed by atoms with Crippen molar-refractivity contribution < 1.29 is 32.2 Å². The van der Waals surface area contributed by atoms with Crippen LogP contribution in [0.25, 0.3) is 10.6 Å². The number of hydrogen-bond acceptors (Lipinski definition) is 7. The van der Waals surface area contributed by atoms with E-state index < -0.39 is 35.9 Å². The molecule has 33 heavy (non-hydrogen) atoms. The quantitative estimate of drug-likeness (QED) is 0.460. The number of ether oxygens (including phenoxy) is 1. The molecule has 3 rings (SSSR count). The Morgan fingerprint density at radius 1 is 1.21 bits per heavy atom. The number of amides is 1. The third-order valence-corrected chi connectivity index (χ3v) is 5.56. The Bertz CT molecular complexity index is 1140. The van der Waals surface area contributed by atoms with Gasteiger partial charge in [0.25, 0.3) is 5.91 Å². The molecule has 0 saturated carbocycles. The zero-order chi connectivity index (χ0) is 24.3. The molecule has 0 radical (unpaired) electrons. The molecule has 7 nitrogen and oxygen atoms in total. The highest BCUT2D eigenvalue weighted by molar-refractivity contribution is 7.18. The lowest BCUT2D eigenvalue weighted by Gasteiger charge is -2.19. The van der Waals surface area contributed by atoms with Gasteiger partial charge in [0.15, 0.2) is 0 Å². The van der Waals surface area contributed by atoms with Crippen molar-refractivity contribution in [3.8, 4) is 16.3 Å². The van der Waals surface area contributed by atoms with E-state index in [9.17, 15) is 23.1 Å². The molecule has 0 spiro atoms. The number of benzene rings is 1. The van der Waals surface area contributed by atoms with E-state index in [1.54, 1.807) is 6.92 Å². The highest BCUT2D eigenvalue weighted by atomic mass is 35.5. The molecule has 1 aromatic carbocycles. The molecular weight excluding hydrogens is 488 g/mol. The van der Waals surface area contributed by atoms with Crippen LogP contribution in [0.3, 0.4) is 0 Å². The summed E-state index contributed by atoms with van der Waals surface area (Å²) >= 11 is 6.89. The summed E-state index contributed by atoms with van der Waals surface area (Å²) in [6.07, 6.45) is -3.03. The van der Waals surface area contributed by atoms with Gasteiger partial charge in [0.2, 0.25) is 5.82 Å². The van der Waals surface area contributed by atoms with Crippen LogP contribution >= 0.6 is 22.9 Å². The molecule has 3 aromatic rings. The zero-order valence-corrected chi connectivity index (χ0v) is 18.7. The standard InChI is InChI=1S/C20H17ClF4N4O3S/c1-9(30)10(2)32-12-3-13(16(22)14(4-12)18-27-8-15(21)33-18)17(31)26-5-11-6-28-19(29-7-11)20(23,24)25/h3-4,6-10,30H,5H2,1-2H3,(H,26,31). The molecular formula is C20H17ClF4N4O3S. The first-order valence-electron chi connectivity index (χ1n) is 9.42. The van der Waals surface area contributed by atoms with Crippen LogP contribution in [0, 0.1) is 5.82 Å². The Balaban J connectivity index is 1.87. The van der Waals surface area contributed by atoms with Crippen molar-refractivity contribution in [2.24, 2.45) is 0 Å². The molecule has 0 aliphatic carbocycles. The Labute approximate surface area is 194 Å². The molecule has 2 atom stereocenters. The first-order valence-corrected chi connectivity index (χ1v) is 10.6. The number of nitrogens with one attached hydrogen (secondary N) is 1. The van der Waals surface area contributed by atoms with Crippen LogP contribution in [-0.4, -0.2) is 38.2 Å². The van der Waals surface area contributed by atoms with Crippen molar-refractivity contribution >= 4 is 28.8 Å². The van der Waals surface area contributed by atoms with Gasteiger partial charge in [-0.15, -0.1) is 11.3 Å². The fourth-order valence-corrected chi connectivity index (χ4v) is 3.47. The Morgan fingerprint density at radius 2 is 1.88 bits per heavy atom.